The highest BCUT2D eigenvalue weighted by atomic mass is 16.1. The van der Waals surface area contributed by atoms with Crippen LogP contribution in [-0.4, -0.2) is 11.7 Å². The molecule has 1 unspecified atom stereocenters. The summed E-state index contributed by atoms with van der Waals surface area (Å²) in [5.74, 6) is -0.877. The van der Waals surface area contributed by atoms with Crippen LogP contribution < -0.4 is 5.73 Å². The average Bonchev–Trinajstić information content (AvgIpc) is 2.15. The Hall–Kier alpha value is -1.64. The van der Waals surface area contributed by atoms with Crippen LogP contribution in [0.5, 0.6) is 0 Å². The summed E-state index contributed by atoms with van der Waals surface area (Å²) < 4.78 is 0. The van der Waals surface area contributed by atoms with Crippen LogP contribution in [0, 0.1) is 0 Å². The molecule has 3 heteroatoms. The molecule has 14 heavy (non-hydrogen) atoms. The number of carbonyl (C=O) groups excluding carboxylic acids is 2. The summed E-state index contributed by atoms with van der Waals surface area (Å²) in [6.07, 6.45) is 0.0827. The van der Waals surface area contributed by atoms with Crippen molar-refractivity contribution in [1.29, 1.82) is 0 Å². The SMILES string of the molecule is CC(=O)C(CC(N)=O)c1ccccc1. The summed E-state index contributed by atoms with van der Waals surface area (Å²) in [5, 5.41) is 0. The van der Waals surface area contributed by atoms with E-state index < -0.39 is 11.8 Å². The second-order valence-corrected chi connectivity index (χ2v) is 3.24. The molecule has 1 rings (SSSR count). The van der Waals surface area contributed by atoms with E-state index in [0.717, 1.165) is 5.56 Å². The third-order valence-corrected chi connectivity index (χ3v) is 2.10. The molecule has 1 atom stereocenters. The smallest absolute Gasteiger partial charge is 0.218 e. The van der Waals surface area contributed by atoms with Crippen molar-refractivity contribution in [2.24, 2.45) is 5.73 Å². The number of ketones is 1. The summed E-state index contributed by atoms with van der Waals surface area (Å²) in [7, 11) is 0. The largest absolute Gasteiger partial charge is 0.370 e. The first-order valence-electron chi connectivity index (χ1n) is 4.45. The van der Waals surface area contributed by atoms with Crippen molar-refractivity contribution >= 4 is 11.7 Å². The third-order valence-electron chi connectivity index (χ3n) is 2.10. The summed E-state index contributed by atoms with van der Waals surface area (Å²) >= 11 is 0. The van der Waals surface area contributed by atoms with Gasteiger partial charge in [-0.2, -0.15) is 0 Å². The number of carbonyl (C=O) groups is 2. The summed E-state index contributed by atoms with van der Waals surface area (Å²) in [5.41, 5.74) is 5.92. The molecule has 0 aliphatic rings. The molecule has 74 valence electrons. The molecule has 0 heterocycles. The minimum atomic E-state index is -0.450. The lowest BCUT2D eigenvalue weighted by Gasteiger charge is -2.11. The quantitative estimate of drug-likeness (QED) is 0.778. The predicted molar refractivity (Wildman–Crippen MR) is 53.7 cm³/mol. The zero-order chi connectivity index (χ0) is 10.6. The van der Waals surface area contributed by atoms with Gasteiger partial charge in [0, 0.05) is 6.42 Å². The third kappa shape index (κ3) is 2.69. The van der Waals surface area contributed by atoms with Crippen molar-refractivity contribution in [3.8, 4) is 0 Å². The molecule has 1 amide bonds. The van der Waals surface area contributed by atoms with Gasteiger partial charge in [0.2, 0.25) is 5.91 Å². The van der Waals surface area contributed by atoms with E-state index >= 15 is 0 Å². The molecule has 0 bridgehead atoms. The number of Topliss-reactive ketones (excluding diaryl/α,β-unsaturated/α-hetero) is 1. The molecule has 0 aliphatic carbocycles. The number of amides is 1. The first-order chi connectivity index (χ1) is 6.61. The molecule has 0 spiro atoms. The molecule has 0 radical (unpaired) electrons. The maximum Gasteiger partial charge on any atom is 0.218 e. The van der Waals surface area contributed by atoms with Crippen LogP contribution in [0.15, 0.2) is 30.3 Å². The number of nitrogens with two attached hydrogens (primary N) is 1. The van der Waals surface area contributed by atoms with Gasteiger partial charge >= 0.3 is 0 Å². The topological polar surface area (TPSA) is 60.2 Å². The number of rotatable bonds is 4. The molecule has 1 aromatic rings. The Morgan fingerprint density at radius 1 is 1.29 bits per heavy atom. The number of hydrogen-bond acceptors (Lipinski definition) is 2. The lowest BCUT2D eigenvalue weighted by molar-refractivity contribution is -0.124. The zero-order valence-corrected chi connectivity index (χ0v) is 8.07. The Balaban J connectivity index is 2.89. The lowest BCUT2D eigenvalue weighted by Crippen LogP contribution is -2.19. The maximum absolute atomic E-state index is 11.3. The maximum atomic E-state index is 11.3. The number of hydrogen-bond donors (Lipinski definition) is 1. The van der Waals surface area contributed by atoms with Crippen molar-refractivity contribution < 1.29 is 9.59 Å². The molecule has 0 fully saturated rings. The molecule has 3 nitrogen and oxygen atoms in total. The predicted octanol–water partition coefficient (Wildman–Crippen LogP) is 1.23. The molecular formula is C11H13NO2. The number of benzene rings is 1. The van der Waals surface area contributed by atoms with Crippen LogP contribution in [0.25, 0.3) is 0 Å². The fraction of sp³-hybridized carbons (Fsp3) is 0.273. The van der Waals surface area contributed by atoms with Crippen LogP contribution >= 0.6 is 0 Å². The molecule has 2 N–H and O–H groups in total. The van der Waals surface area contributed by atoms with Gasteiger partial charge in [-0.05, 0) is 12.5 Å². The van der Waals surface area contributed by atoms with Gasteiger partial charge < -0.3 is 5.73 Å². The first-order valence-corrected chi connectivity index (χ1v) is 4.45. The lowest BCUT2D eigenvalue weighted by atomic mass is 9.92. The van der Waals surface area contributed by atoms with Crippen molar-refractivity contribution in [3.63, 3.8) is 0 Å². The van der Waals surface area contributed by atoms with Crippen molar-refractivity contribution in [3.05, 3.63) is 35.9 Å². The van der Waals surface area contributed by atoms with Crippen molar-refractivity contribution in [1.82, 2.24) is 0 Å². The highest BCUT2D eigenvalue weighted by molar-refractivity contribution is 5.88. The van der Waals surface area contributed by atoms with Gasteiger partial charge in [0.05, 0.1) is 5.92 Å². The monoisotopic (exact) mass is 191 g/mol. The van der Waals surface area contributed by atoms with E-state index in [9.17, 15) is 9.59 Å². The highest BCUT2D eigenvalue weighted by Gasteiger charge is 2.18. The van der Waals surface area contributed by atoms with Crippen molar-refractivity contribution in [2.45, 2.75) is 19.3 Å². The van der Waals surface area contributed by atoms with E-state index in [1.54, 1.807) is 0 Å². The summed E-state index contributed by atoms with van der Waals surface area (Å²) in [6.45, 7) is 1.47. The van der Waals surface area contributed by atoms with Crippen LogP contribution in [0.1, 0.15) is 24.8 Å². The summed E-state index contributed by atoms with van der Waals surface area (Å²) in [4.78, 5) is 22.0. The first kappa shape index (κ1) is 10.4. The normalized spacial score (nSPS) is 12.1. The van der Waals surface area contributed by atoms with E-state index in [4.69, 9.17) is 5.73 Å². The molecule has 1 aromatic carbocycles. The molecule has 0 aromatic heterocycles. The molecule has 0 saturated heterocycles. The van der Waals surface area contributed by atoms with E-state index in [-0.39, 0.29) is 12.2 Å². The van der Waals surface area contributed by atoms with Gasteiger partial charge in [-0.15, -0.1) is 0 Å². The Labute approximate surface area is 82.9 Å². The second kappa shape index (κ2) is 4.56. The van der Waals surface area contributed by atoms with Gasteiger partial charge in [-0.25, -0.2) is 0 Å². The van der Waals surface area contributed by atoms with Crippen LogP contribution in [0.3, 0.4) is 0 Å². The van der Waals surface area contributed by atoms with Crippen molar-refractivity contribution in [2.75, 3.05) is 0 Å². The van der Waals surface area contributed by atoms with Gasteiger partial charge in [0.15, 0.2) is 0 Å². The van der Waals surface area contributed by atoms with Gasteiger partial charge in [0.25, 0.3) is 0 Å². The fourth-order valence-corrected chi connectivity index (χ4v) is 1.38. The standard InChI is InChI=1S/C11H13NO2/c1-8(13)10(7-11(12)14)9-5-3-2-4-6-9/h2-6,10H,7H2,1H3,(H2,12,14). The Morgan fingerprint density at radius 3 is 2.29 bits per heavy atom. The van der Waals surface area contributed by atoms with Gasteiger partial charge in [-0.3, -0.25) is 9.59 Å². The minimum Gasteiger partial charge on any atom is -0.370 e. The van der Waals surface area contributed by atoms with E-state index in [1.807, 2.05) is 30.3 Å². The Kier molecular flexibility index (Phi) is 3.40. The van der Waals surface area contributed by atoms with E-state index in [2.05, 4.69) is 0 Å². The zero-order valence-electron chi connectivity index (χ0n) is 8.07. The van der Waals surface area contributed by atoms with Crippen LogP contribution in [0.2, 0.25) is 0 Å². The van der Waals surface area contributed by atoms with Crippen LogP contribution in [0.4, 0.5) is 0 Å². The molecule has 0 saturated carbocycles. The Bertz CT molecular complexity index is 332. The summed E-state index contributed by atoms with van der Waals surface area (Å²) in [6, 6.07) is 9.20. The minimum absolute atomic E-state index is 0.0324. The van der Waals surface area contributed by atoms with E-state index in [1.165, 1.54) is 6.92 Å². The highest BCUT2D eigenvalue weighted by Crippen LogP contribution is 2.19. The molecule has 0 aliphatic heterocycles. The second-order valence-electron chi connectivity index (χ2n) is 3.24. The van der Waals surface area contributed by atoms with Gasteiger partial charge in [0.1, 0.15) is 5.78 Å². The van der Waals surface area contributed by atoms with Crippen LogP contribution in [-0.2, 0) is 9.59 Å². The average molecular weight is 191 g/mol. The fourth-order valence-electron chi connectivity index (χ4n) is 1.38. The molecular weight excluding hydrogens is 178 g/mol. The number of primary amides is 1. The van der Waals surface area contributed by atoms with Gasteiger partial charge in [-0.1, -0.05) is 30.3 Å². The van der Waals surface area contributed by atoms with E-state index in [0.29, 0.717) is 0 Å². The Morgan fingerprint density at radius 2 is 1.86 bits per heavy atom.